The molecular formula is C21H27ClN2O5S2. The smallest absolute Gasteiger partial charge is 0.309 e. The molecule has 3 unspecified atom stereocenters. The van der Waals surface area contributed by atoms with E-state index < -0.39 is 21.5 Å². The first-order valence-corrected chi connectivity index (χ1v) is 13.6. The molecule has 1 aliphatic heterocycles. The lowest BCUT2D eigenvalue weighted by Crippen LogP contribution is -2.62. The Labute approximate surface area is 191 Å². The number of sulfonamides is 1. The minimum absolute atomic E-state index is 0.215. The van der Waals surface area contributed by atoms with E-state index in [1.807, 2.05) is 0 Å². The fourth-order valence-corrected chi connectivity index (χ4v) is 9.77. The third kappa shape index (κ3) is 3.61. The summed E-state index contributed by atoms with van der Waals surface area (Å²) in [5, 5.41) is 0. The second-order valence-electron chi connectivity index (χ2n) is 9.72. The molecule has 3 atom stereocenters. The van der Waals surface area contributed by atoms with E-state index >= 15 is 0 Å². The first kappa shape index (κ1) is 21.7. The highest BCUT2D eigenvalue weighted by atomic mass is 35.5. The van der Waals surface area contributed by atoms with Crippen molar-refractivity contribution >= 4 is 44.8 Å². The minimum Gasteiger partial charge on any atom is -0.461 e. The lowest BCUT2D eigenvalue weighted by molar-refractivity contribution is -0.199. The van der Waals surface area contributed by atoms with Crippen molar-refractivity contribution in [3.8, 4) is 0 Å². The Bertz CT molecular complexity index is 987. The molecule has 1 saturated heterocycles. The highest BCUT2D eigenvalue weighted by Crippen LogP contribution is 2.61. The molecule has 1 aromatic rings. The van der Waals surface area contributed by atoms with Crippen LogP contribution in [-0.2, 0) is 24.3 Å². The van der Waals surface area contributed by atoms with Gasteiger partial charge in [-0.2, -0.15) is 4.31 Å². The molecule has 1 aromatic heterocycles. The number of thiophene rings is 1. The Kier molecular flexibility index (Phi) is 5.39. The number of amides is 1. The number of esters is 1. The number of halogens is 1. The van der Waals surface area contributed by atoms with Gasteiger partial charge in [-0.3, -0.25) is 9.59 Å². The molecule has 5 aliphatic rings. The Morgan fingerprint density at radius 2 is 1.77 bits per heavy atom. The molecule has 1 amide bonds. The van der Waals surface area contributed by atoms with E-state index in [-0.39, 0.29) is 41.0 Å². The zero-order valence-corrected chi connectivity index (χ0v) is 19.6. The normalized spacial score (nSPS) is 35.9. The van der Waals surface area contributed by atoms with Crippen molar-refractivity contribution in [3.05, 3.63) is 16.5 Å². The van der Waals surface area contributed by atoms with Crippen LogP contribution in [0.4, 0.5) is 0 Å². The maximum absolute atomic E-state index is 13.0. The average Bonchev–Trinajstić information content (AvgIpc) is 3.17. The molecule has 0 spiro atoms. The van der Waals surface area contributed by atoms with E-state index in [9.17, 15) is 18.0 Å². The molecule has 0 aromatic carbocycles. The van der Waals surface area contributed by atoms with E-state index in [1.165, 1.54) is 10.4 Å². The van der Waals surface area contributed by atoms with Gasteiger partial charge in [0.25, 0.3) is 10.0 Å². The van der Waals surface area contributed by atoms with Crippen LogP contribution in [0, 0.1) is 29.1 Å². The molecule has 4 aliphatic carbocycles. The van der Waals surface area contributed by atoms with Crippen molar-refractivity contribution in [3.63, 3.8) is 0 Å². The molecule has 2 N–H and O–H groups in total. The molecule has 31 heavy (non-hydrogen) atoms. The minimum atomic E-state index is -3.60. The van der Waals surface area contributed by atoms with E-state index in [0.717, 1.165) is 43.4 Å². The maximum Gasteiger partial charge on any atom is 0.309 e. The van der Waals surface area contributed by atoms with Crippen LogP contribution >= 0.6 is 22.9 Å². The summed E-state index contributed by atoms with van der Waals surface area (Å²) >= 11 is 6.92. The summed E-state index contributed by atoms with van der Waals surface area (Å²) in [6, 6.07) is 3.08. The Morgan fingerprint density at radius 3 is 2.32 bits per heavy atom. The number of primary amides is 1. The van der Waals surface area contributed by atoms with E-state index in [1.54, 1.807) is 6.07 Å². The SMILES string of the molecule is NC(=O)C12CC3CC(CC(C3)C1OC(=O)C1CCN(S(=O)(=O)c3ccc(Cl)s3)CC1)C2. The monoisotopic (exact) mass is 486 g/mol. The number of ether oxygens (including phenoxy) is 1. The Hall–Kier alpha value is -1.16. The quantitative estimate of drug-likeness (QED) is 0.644. The highest BCUT2D eigenvalue weighted by Gasteiger charge is 2.62. The third-order valence-electron chi connectivity index (χ3n) is 7.88. The van der Waals surface area contributed by atoms with Gasteiger partial charge in [0.2, 0.25) is 5.91 Å². The highest BCUT2D eigenvalue weighted by molar-refractivity contribution is 7.91. The molecule has 10 heteroatoms. The van der Waals surface area contributed by atoms with Gasteiger partial charge in [0, 0.05) is 13.1 Å². The Balaban J connectivity index is 1.25. The zero-order valence-electron chi connectivity index (χ0n) is 17.2. The van der Waals surface area contributed by atoms with Crippen molar-refractivity contribution in [1.29, 1.82) is 0 Å². The standard InChI is InChI=1S/C21H27ClN2O5S2/c22-16-1-2-17(30-16)31(27,28)24-5-3-14(4-6-24)19(25)29-18-15-8-12-7-13(9-15)11-21(18,10-12)20(23)26/h1-2,12-15,18H,3-11H2,(H2,23,26). The zero-order chi connectivity index (χ0) is 22.0. The summed E-state index contributed by atoms with van der Waals surface area (Å²) in [5.74, 6) is 0.236. The molecular weight excluding hydrogens is 460 g/mol. The molecule has 170 valence electrons. The summed E-state index contributed by atoms with van der Waals surface area (Å²) in [6.45, 7) is 0.521. The molecule has 4 bridgehead atoms. The number of hydrogen-bond acceptors (Lipinski definition) is 6. The summed E-state index contributed by atoms with van der Waals surface area (Å²) in [4.78, 5) is 25.5. The van der Waals surface area contributed by atoms with E-state index in [2.05, 4.69) is 0 Å². The van der Waals surface area contributed by atoms with Gasteiger partial charge in [-0.05, 0) is 74.8 Å². The third-order valence-corrected chi connectivity index (χ3v) is 11.5. The number of hydrogen-bond donors (Lipinski definition) is 1. The van der Waals surface area contributed by atoms with Crippen LogP contribution in [0.1, 0.15) is 44.9 Å². The van der Waals surface area contributed by atoms with E-state index in [0.29, 0.717) is 29.0 Å². The van der Waals surface area contributed by atoms with Gasteiger partial charge in [0.15, 0.2) is 0 Å². The molecule has 6 rings (SSSR count). The number of rotatable bonds is 5. The average molecular weight is 487 g/mol. The van der Waals surface area contributed by atoms with Crippen LogP contribution < -0.4 is 5.73 Å². The number of carbonyl (C=O) groups excluding carboxylic acids is 2. The first-order valence-electron chi connectivity index (χ1n) is 10.9. The van der Waals surface area contributed by atoms with Crippen molar-refractivity contribution in [2.24, 2.45) is 34.8 Å². The van der Waals surface area contributed by atoms with Gasteiger partial charge >= 0.3 is 5.97 Å². The summed E-state index contributed by atoms with van der Waals surface area (Å²) < 4.78 is 33.6. The summed E-state index contributed by atoms with van der Waals surface area (Å²) in [6.07, 6.45) is 5.01. The van der Waals surface area contributed by atoms with Gasteiger partial charge in [-0.25, -0.2) is 8.42 Å². The van der Waals surface area contributed by atoms with Crippen LogP contribution in [0.2, 0.25) is 4.34 Å². The van der Waals surface area contributed by atoms with Gasteiger partial charge in [0.05, 0.1) is 15.7 Å². The van der Waals surface area contributed by atoms with Crippen LogP contribution in [0.15, 0.2) is 16.3 Å². The van der Waals surface area contributed by atoms with Crippen molar-refractivity contribution < 1.29 is 22.7 Å². The number of nitrogens with two attached hydrogens (primary N) is 1. The maximum atomic E-state index is 13.0. The second-order valence-corrected chi connectivity index (χ2v) is 13.6. The summed E-state index contributed by atoms with van der Waals surface area (Å²) in [5.41, 5.74) is 5.13. The second kappa shape index (κ2) is 7.71. The van der Waals surface area contributed by atoms with Crippen LogP contribution in [-0.4, -0.2) is 43.8 Å². The lowest BCUT2D eigenvalue weighted by Gasteiger charge is -2.58. The van der Waals surface area contributed by atoms with Crippen molar-refractivity contribution in [2.75, 3.05) is 13.1 Å². The first-order chi connectivity index (χ1) is 14.7. The van der Waals surface area contributed by atoms with Gasteiger partial charge in [0.1, 0.15) is 10.3 Å². The van der Waals surface area contributed by atoms with E-state index in [4.69, 9.17) is 22.1 Å². The predicted molar refractivity (Wildman–Crippen MR) is 116 cm³/mol. The number of carbonyl (C=O) groups is 2. The summed E-state index contributed by atoms with van der Waals surface area (Å²) in [7, 11) is -3.60. The van der Waals surface area contributed by atoms with Crippen LogP contribution in [0.3, 0.4) is 0 Å². The number of piperidine rings is 1. The van der Waals surface area contributed by atoms with Crippen LogP contribution in [0.5, 0.6) is 0 Å². The molecule has 4 saturated carbocycles. The number of nitrogens with zero attached hydrogens (tertiary/aromatic N) is 1. The van der Waals surface area contributed by atoms with Gasteiger partial charge < -0.3 is 10.5 Å². The Morgan fingerprint density at radius 1 is 1.13 bits per heavy atom. The topological polar surface area (TPSA) is 107 Å². The molecule has 7 nitrogen and oxygen atoms in total. The fraction of sp³-hybridized carbons (Fsp3) is 0.714. The van der Waals surface area contributed by atoms with Gasteiger partial charge in [-0.1, -0.05) is 11.6 Å². The molecule has 0 radical (unpaired) electrons. The predicted octanol–water partition coefficient (Wildman–Crippen LogP) is 3.03. The molecule has 2 heterocycles. The van der Waals surface area contributed by atoms with Crippen LogP contribution in [0.25, 0.3) is 0 Å². The largest absolute Gasteiger partial charge is 0.461 e. The fourth-order valence-electron chi connectivity index (χ4n) is 6.66. The van der Waals surface area contributed by atoms with Gasteiger partial charge in [-0.15, -0.1) is 11.3 Å². The van der Waals surface area contributed by atoms with Crippen molar-refractivity contribution in [2.45, 2.75) is 55.3 Å². The van der Waals surface area contributed by atoms with Crippen molar-refractivity contribution in [1.82, 2.24) is 4.31 Å². The lowest BCUT2D eigenvalue weighted by atomic mass is 9.48. The molecule has 5 fully saturated rings.